The number of hydrogen-bond acceptors (Lipinski definition) is 9. The minimum atomic E-state index is -3.32. The van der Waals surface area contributed by atoms with Gasteiger partial charge in [-0.2, -0.15) is 0 Å². The number of carbonyl (C=O) groups is 1. The van der Waals surface area contributed by atoms with Crippen LogP contribution in [0.2, 0.25) is 0 Å². The van der Waals surface area contributed by atoms with Crippen molar-refractivity contribution in [3.8, 4) is 11.5 Å². The molecule has 0 saturated heterocycles. The summed E-state index contributed by atoms with van der Waals surface area (Å²) in [7, 11) is -1.75. The van der Waals surface area contributed by atoms with Crippen LogP contribution in [-0.2, 0) is 14.6 Å². The van der Waals surface area contributed by atoms with Crippen LogP contribution in [0.25, 0.3) is 5.57 Å². The molecule has 0 fully saturated rings. The summed E-state index contributed by atoms with van der Waals surface area (Å²) in [5, 5.41) is 3.38. The minimum Gasteiger partial charge on any atom is -0.493 e. The number of rotatable bonds is 8. The Kier molecular flexibility index (Phi) is 8.29. The Hall–Kier alpha value is -3.47. The molecule has 0 spiro atoms. The lowest BCUT2D eigenvalue weighted by Gasteiger charge is -2.30. The summed E-state index contributed by atoms with van der Waals surface area (Å²) < 4.78 is 41.6. The van der Waals surface area contributed by atoms with Gasteiger partial charge in [-0.05, 0) is 69.0 Å². The number of aromatic nitrogens is 1. The van der Waals surface area contributed by atoms with E-state index in [0.717, 1.165) is 22.4 Å². The number of pyridine rings is 1. The van der Waals surface area contributed by atoms with E-state index in [0.29, 0.717) is 50.1 Å². The van der Waals surface area contributed by atoms with Crippen LogP contribution in [0.5, 0.6) is 11.5 Å². The van der Waals surface area contributed by atoms with Crippen molar-refractivity contribution >= 4 is 33.0 Å². The number of nitrogens with one attached hydrogen (secondary N) is 1. The summed E-state index contributed by atoms with van der Waals surface area (Å²) in [6.07, 6.45) is 5.45. The predicted octanol–water partition coefficient (Wildman–Crippen LogP) is 4.49. The molecule has 4 rings (SSSR count). The second-order valence-electron chi connectivity index (χ2n) is 10.8. The summed E-state index contributed by atoms with van der Waals surface area (Å²) in [6.45, 7) is 9.36. The molecule has 0 bridgehead atoms. The molecule has 11 heteroatoms. The normalized spacial score (nSPS) is 16.2. The van der Waals surface area contributed by atoms with Crippen molar-refractivity contribution in [2.24, 2.45) is 0 Å². The van der Waals surface area contributed by atoms with Gasteiger partial charge in [0.15, 0.2) is 17.3 Å². The molecule has 1 atom stereocenters. The Bertz CT molecular complexity index is 1350. The van der Waals surface area contributed by atoms with Crippen LogP contribution in [0, 0.1) is 0 Å². The first-order valence-corrected chi connectivity index (χ1v) is 15.1. The van der Waals surface area contributed by atoms with Crippen LogP contribution in [0.3, 0.4) is 0 Å². The number of benzene rings is 1. The molecule has 39 heavy (non-hydrogen) atoms. The molecule has 1 N–H and O–H groups in total. The molecule has 0 unspecified atom stereocenters. The maximum atomic E-state index is 12.5. The lowest BCUT2D eigenvalue weighted by molar-refractivity contribution is 0.0270. The van der Waals surface area contributed by atoms with Gasteiger partial charge >= 0.3 is 6.09 Å². The van der Waals surface area contributed by atoms with E-state index in [9.17, 15) is 13.2 Å². The number of ether oxygens (including phenoxy) is 3. The molecule has 3 heterocycles. The van der Waals surface area contributed by atoms with E-state index in [1.165, 1.54) is 6.26 Å². The molecule has 2 aliphatic rings. The van der Waals surface area contributed by atoms with Crippen LogP contribution in [-0.4, -0.2) is 75.5 Å². The number of carbonyl (C=O) groups excluding carboxylic acids is 1. The first-order valence-electron chi connectivity index (χ1n) is 13.0. The third-order valence-corrected chi connectivity index (χ3v) is 7.44. The summed E-state index contributed by atoms with van der Waals surface area (Å²) in [6, 6.07) is 7.07. The molecule has 2 aromatic rings. The topological polar surface area (TPSA) is 110 Å². The van der Waals surface area contributed by atoms with Gasteiger partial charge in [0, 0.05) is 25.5 Å². The van der Waals surface area contributed by atoms with Crippen molar-refractivity contribution in [1.82, 2.24) is 9.88 Å². The van der Waals surface area contributed by atoms with E-state index < -0.39 is 21.5 Å². The Morgan fingerprint density at radius 2 is 1.97 bits per heavy atom. The minimum absolute atomic E-state index is 0.0822. The quantitative estimate of drug-likeness (QED) is 0.501. The molecular formula is C28H38N4O6S. The van der Waals surface area contributed by atoms with Gasteiger partial charge in [-0.3, -0.25) is 0 Å². The van der Waals surface area contributed by atoms with Gasteiger partial charge in [-0.1, -0.05) is 12.1 Å². The zero-order valence-electron chi connectivity index (χ0n) is 23.5. The number of methoxy groups -OCH3 is 1. The monoisotopic (exact) mass is 558 g/mol. The van der Waals surface area contributed by atoms with E-state index >= 15 is 0 Å². The molecule has 1 amide bonds. The van der Waals surface area contributed by atoms with Gasteiger partial charge in [-0.25, -0.2) is 18.2 Å². The third-order valence-electron chi connectivity index (χ3n) is 6.52. The predicted molar refractivity (Wildman–Crippen MR) is 152 cm³/mol. The summed E-state index contributed by atoms with van der Waals surface area (Å²) >= 11 is 0. The van der Waals surface area contributed by atoms with Crippen molar-refractivity contribution in [3.05, 3.63) is 47.7 Å². The van der Waals surface area contributed by atoms with Crippen LogP contribution in [0.1, 0.15) is 51.3 Å². The number of fused-ring (bicyclic) bond motifs is 1. The fraction of sp³-hybridized carbons (Fsp3) is 0.500. The standard InChI is InChI=1S/C28H38N4O6S/c1-7-37-25-15-20(8-9-24(25)36-5)23(17-39(6,34)35)32-18-30-22-14-21(16-29-26(22)32)19-10-12-31(13-11-19)27(33)38-28(2,3)4/h8-10,14-16,23,30H,7,11-13,17-18H2,1-6H3/t23-/m1/s1. The van der Waals surface area contributed by atoms with Crippen molar-refractivity contribution in [2.45, 2.75) is 45.8 Å². The van der Waals surface area contributed by atoms with Crippen molar-refractivity contribution < 1.29 is 27.4 Å². The SMILES string of the molecule is CCOc1cc([C@@H](CS(C)(=O)=O)N2CNc3cc(C4=CCN(C(=O)OC(C)(C)C)CC4)cnc32)ccc1OC. The highest BCUT2D eigenvalue weighted by Crippen LogP contribution is 2.40. The van der Waals surface area contributed by atoms with Gasteiger partial charge in [0.25, 0.3) is 0 Å². The van der Waals surface area contributed by atoms with Crippen LogP contribution in [0.4, 0.5) is 16.3 Å². The van der Waals surface area contributed by atoms with Gasteiger partial charge in [0.2, 0.25) is 0 Å². The van der Waals surface area contributed by atoms with Gasteiger partial charge < -0.3 is 29.3 Å². The zero-order chi connectivity index (χ0) is 28.4. The van der Waals surface area contributed by atoms with E-state index in [1.54, 1.807) is 18.1 Å². The highest BCUT2D eigenvalue weighted by Gasteiger charge is 2.32. The smallest absolute Gasteiger partial charge is 0.410 e. The lowest BCUT2D eigenvalue weighted by Crippen LogP contribution is -2.39. The van der Waals surface area contributed by atoms with Crippen LogP contribution < -0.4 is 19.7 Å². The van der Waals surface area contributed by atoms with E-state index in [2.05, 4.69) is 5.32 Å². The average Bonchev–Trinajstić information content (AvgIpc) is 3.29. The largest absolute Gasteiger partial charge is 0.493 e. The van der Waals surface area contributed by atoms with Crippen LogP contribution in [0.15, 0.2) is 36.5 Å². The lowest BCUT2D eigenvalue weighted by atomic mass is 10.0. The molecule has 212 valence electrons. The van der Waals surface area contributed by atoms with E-state index in [4.69, 9.17) is 19.2 Å². The first-order chi connectivity index (χ1) is 18.4. The number of nitrogens with zero attached hydrogens (tertiary/aromatic N) is 3. The second-order valence-corrected chi connectivity index (χ2v) is 12.9. The Labute approximate surface area is 230 Å². The summed E-state index contributed by atoms with van der Waals surface area (Å²) in [5.74, 6) is 1.76. The van der Waals surface area contributed by atoms with Crippen molar-refractivity contribution in [1.29, 1.82) is 0 Å². The third kappa shape index (κ3) is 6.95. The fourth-order valence-electron chi connectivity index (χ4n) is 4.74. The second kappa shape index (κ2) is 11.3. The van der Waals surface area contributed by atoms with E-state index in [1.807, 2.05) is 63.1 Å². The van der Waals surface area contributed by atoms with Gasteiger partial charge in [0.05, 0.1) is 37.9 Å². The Balaban J connectivity index is 1.58. The number of sulfone groups is 1. The number of anilines is 2. The van der Waals surface area contributed by atoms with Gasteiger partial charge in [-0.15, -0.1) is 0 Å². The first kappa shape index (κ1) is 28.5. The Morgan fingerprint density at radius 1 is 1.21 bits per heavy atom. The maximum absolute atomic E-state index is 12.5. The molecule has 1 aromatic carbocycles. The maximum Gasteiger partial charge on any atom is 0.410 e. The van der Waals surface area contributed by atoms with Crippen LogP contribution >= 0.6 is 0 Å². The fourth-order valence-corrected chi connectivity index (χ4v) is 5.69. The van der Waals surface area contributed by atoms with E-state index in [-0.39, 0.29) is 11.8 Å². The molecule has 1 aromatic heterocycles. The molecule has 10 nitrogen and oxygen atoms in total. The molecule has 2 aliphatic heterocycles. The zero-order valence-corrected chi connectivity index (χ0v) is 24.3. The molecule has 0 saturated carbocycles. The molecule has 0 radical (unpaired) electrons. The number of amides is 1. The highest BCUT2D eigenvalue weighted by molar-refractivity contribution is 7.90. The molecular weight excluding hydrogens is 520 g/mol. The number of hydrogen-bond donors (Lipinski definition) is 1. The van der Waals surface area contributed by atoms with Crippen molar-refractivity contribution in [3.63, 3.8) is 0 Å². The summed E-state index contributed by atoms with van der Waals surface area (Å²) in [5.41, 5.74) is 3.17. The summed E-state index contributed by atoms with van der Waals surface area (Å²) in [4.78, 5) is 20.8. The average molecular weight is 559 g/mol. The Morgan fingerprint density at radius 3 is 2.59 bits per heavy atom. The molecule has 0 aliphatic carbocycles. The van der Waals surface area contributed by atoms with Gasteiger partial charge in [0.1, 0.15) is 15.4 Å². The van der Waals surface area contributed by atoms with Crippen molar-refractivity contribution in [2.75, 3.05) is 55.7 Å². The highest BCUT2D eigenvalue weighted by atomic mass is 32.2.